The van der Waals surface area contributed by atoms with Gasteiger partial charge in [0.25, 0.3) is 0 Å². The molecule has 0 aliphatic carbocycles. The SMILES string of the molecule is O=C(O)c1cc(F)cnc1NCCc1cccnc1. The zero-order valence-corrected chi connectivity index (χ0v) is 10.0. The van der Waals surface area contributed by atoms with Gasteiger partial charge in [-0.25, -0.2) is 14.2 Å². The lowest BCUT2D eigenvalue weighted by molar-refractivity contribution is 0.0697. The number of carboxylic acid groups (broad SMARTS) is 1. The molecular weight excluding hydrogens is 249 g/mol. The summed E-state index contributed by atoms with van der Waals surface area (Å²) in [7, 11) is 0. The van der Waals surface area contributed by atoms with Crippen LogP contribution < -0.4 is 5.32 Å². The molecule has 5 nitrogen and oxygen atoms in total. The molecule has 98 valence electrons. The van der Waals surface area contributed by atoms with E-state index in [0.717, 1.165) is 17.8 Å². The van der Waals surface area contributed by atoms with E-state index in [4.69, 9.17) is 5.11 Å². The average molecular weight is 261 g/mol. The van der Waals surface area contributed by atoms with Crippen molar-refractivity contribution < 1.29 is 14.3 Å². The molecule has 2 rings (SSSR count). The molecule has 6 heteroatoms. The summed E-state index contributed by atoms with van der Waals surface area (Å²) in [6.45, 7) is 0.491. The topological polar surface area (TPSA) is 75.1 Å². The van der Waals surface area contributed by atoms with E-state index in [1.807, 2.05) is 12.1 Å². The summed E-state index contributed by atoms with van der Waals surface area (Å²) in [5, 5.41) is 11.8. The Bertz CT molecular complexity index is 575. The van der Waals surface area contributed by atoms with E-state index in [1.165, 1.54) is 0 Å². The predicted molar refractivity (Wildman–Crippen MR) is 67.6 cm³/mol. The molecule has 0 aliphatic rings. The fourth-order valence-corrected chi connectivity index (χ4v) is 1.61. The van der Waals surface area contributed by atoms with Gasteiger partial charge in [-0.2, -0.15) is 0 Å². The van der Waals surface area contributed by atoms with Crippen LogP contribution in [-0.2, 0) is 6.42 Å². The number of pyridine rings is 2. The Morgan fingerprint density at radius 3 is 2.95 bits per heavy atom. The van der Waals surface area contributed by atoms with E-state index in [1.54, 1.807) is 12.4 Å². The summed E-state index contributed by atoms with van der Waals surface area (Å²) in [6, 6.07) is 4.70. The molecule has 0 aromatic carbocycles. The molecule has 0 aliphatic heterocycles. The highest BCUT2D eigenvalue weighted by Gasteiger charge is 2.12. The second kappa shape index (κ2) is 5.90. The zero-order valence-electron chi connectivity index (χ0n) is 10.0. The minimum Gasteiger partial charge on any atom is -0.478 e. The Hall–Kier alpha value is -2.50. The van der Waals surface area contributed by atoms with Crippen LogP contribution in [0, 0.1) is 5.82 Å². The highest BCUT2D eigenvalue weighted by Crippen LogP contribution is 2.13. The minimum absolute atomic E-state index is 0.165. The van der Waals surface area contributed by atoms with Gasteiger partial charge in [-0.1, -0.05) is 6.07 Å². The van der Waals surface area contributed by atoms with Gasteiger partial charge >= 0.3 is 5.97 Å². The van der Waals surface area contributed by atoms with Crippen LogP contribution in [0.4, 0.5) is 10.2 Å². The normalized spacial score (nSPS) is 10.2. The van der Waals surface area contributed by atoms with Gasteiger partial charge in [-0.05, 0) is 24.1 Å². The highest BCUT2D eigenvalue weighted by atomic mass is 19.1. The third kappa shape index (κ3) is 3.48. The fraction of sp³-hybridized carbons (Fsp3) is 0.154. The molecule has 0 fully saturated rings. The summed E-state index contributed by atoms with van der Waals surface area (Å²) in [5.74, 6) is -1.72. The van der Waals surface area contributed by atoms with Gasteiger partial charge in [-0.15, -0.1) is 0 Å². The number of nitrogens with one attached hydrogen (secondary N) is 1. The zero-order chi connectivity index (χ0) is 13.7. The van der Waals surface area contributed by atoms with Crippen LogP contribution in [0.1, 0.15) is 15.9 Å². The molecule has 0 unspecified atom stereocenters. The van der Waals surface area contributed by atoms with Gasteiger partial charge in [0.15, 0.2) is 0 Å². The van der Waals surface area contributed by atoms with Gasteiger partial charge in [0.05, 0.1) is 6.20 Å². The van der Waals surface area contributed by atoms with E-state index in [9.17, 15) is 9.18 Å². The number of hydrogen-bond acceptors (Lipinski definition) is 4. The predicted octanol–water partition coefficient (Wildman–Crippen LogP) is 1.97. The van der Waals surface area contributed by atoms with E-state index >= 15 is 0 Å². The lowest BCUT2D eigenvalue weighted by Gasteiger charge is -2.08. The summed E-state index contributed by atoms with van der Waals surface area (Å²) in [6.07, 6.45) is 5.07. The first-order valence-corrected chi connectivity index (χ1v) is 5.68. The quantitative estimate of drug-likeness (QED) is 0.860. The van der Waals surface area contributed by atoms with Crippen LogP contribution in [0.2, 0.25) is 0 Å². The largest absolute Gasteiger partial charge is 0.478 e. The molecule has 0 bridgehead atoms. The van der Waals surface area contributed by atoms with Gasteiger partial charge in [-0.3, -0.25) is 4.98 Å². The molecule has 0 spiro atoms. The number of carboxylic acids is 1. The van der Waals surface area contributed by atoms with Crippen molar-refractivity contribution in [3.63, 3.8) is 0 Å². The van der Waals surface area contributed by atoms with Crippen LogP contribution in [0.5, 0.6) is 0 Å². The maximum atomic E-state index is 12.9. The number of halogens is 1. The number of aromatic nitrogens is 2. The Labute approximate surface area is 109 Å². The Kier molecular flexibility index (Phi) is 4.02. The van der Waals surface area contributed by atoms with E-state index < -0.39 is 11.8 Å². The monoisotopic (exact) mass is 261 g/mol. The van der Waals surface area contributed by atoms with Crippen LogP contribution in [0.15, 0.2) is 36.8 Å². The molecular formula is C13H12FN3O2. The smallest absolute Gasteiger partial charge is 0.339 e. The van der Waals surface area contributed by atoms with Crippen molar-refractivity contribution >= 4 is 11.8 Å². The maximum absolute atomic E-state index is 12.9. The number of rotatable bonds is 5. The number of nitrogens with zero attached hydrogens (tertiary/aromatic N) is 2. The summed E-state index contributed by atoms with van der Waals surface area (Å²) in [5.41, 5.74) is 0.847. The molecule has 2 aromatic heterocycles. The number of carbonyl (C=O) groups is 1. The van der Waals surface area contributed by atoms with Crippen molar-refractivity contribution in [2.45, 2.75) is 6.42 Å². The van der Waals surface area contributed by atoms with Gasteiger partial charge < -0.3 is 10.4 Å². The lowest BCUT2D eigenvalue weighted by atomic mass is 10.2. The van der Waals surface area contributed by atoms with Gasteiger partial charge in [0.1, 0.15) is 17.2 Å². The molecule has 0 saturated heterocycles. The van der Waals surface area contributed by atoms with Crippen molar-refractivity contribution in [2.75, 3.05) is 11.9 Å². The molecule has 0 saturated carbocycles. The molecule has 2 N–H and O–H groups in total. The fourth-order valence-electron chi connectivity index (χ4n) is 1.61. The van der Waals surface area contributed by atoms with Gasteiger partial charge in [0.2, 0.25) is 0 Å². The number of hydrogen-bond donors (Lipinski definition) is 2. The second-order valence-corrected chi connectivity index (χ2v) is 3.89. The summed E-state index contributed by atoms with van der Waals surface area (Å²) < 4.78 is 12.9. The van der Waals surface area contributed by atoms with Gasteiger partial charge in [0, 0.05) is 18.9 Å². The molecule has 2 aromatic rings. The van der Waals surface area contributed by atoms with Crippen molar-refractivity contribution in [2.24, 2.45) is 0 Å². The number of aromatic carboxylic acids is 1. The van der Waals surface area contributed by atoms with E-state index in [-0.39, 0.29) is 11.4 Å². The molecule has 2 heterocycles. The van der Waals surface area contributed by atoms with Crippen LogP contribution >= 0.6 is 0 Å². The first kappa shape index (κ1) is 12.9. The standard InChI is InChI=1S/C13H12FN3O2/c14-10-6-11(13(18)19)12(17-8-10)16-5-3-9-2-1-4-15-7-9/h1-2,4,6-8H,3,5H2,(H,16,17)(H,18,19). The molecule has 0 atom stereocenters. The lowest BCUT2D eigenvalue weighted by Crippen LogP contribution is -2.11. The van der Waals surface area contributed by atoms with Crippen LogP contribution in [0.25, 0.3) is 0 Å². The highest BCUT2D eigenvalue weighted by molar-refractivity contribution is 5.93. The van der Waals surface area contributed by atoms with Crippen molar-refractivity contribution in [1.29, 1.82) is 0 Å². The Morgan fingerprint density at radius 2 is 2.26 bits per heavy atom. The van der Waals surface area contributed by atoms with E-state index in [0.29, 0.717) is 13.0 Å². The number of anilines is 1. The summed E-state index contributed by atoms with van der Waals surface area (Å²) >= 11 is 0. The second-order valence-electron chi connectivity index (χ2n) is 3.89. The molecule has 19 heavy (non-hydrogen) atoms. The molecule has 0 radical (unpaired) electrons. The van der Waals surface area contributed by atoms with Crippen molar-refractivity contribution in [3.8, 4) is 0 Å². The third-order valence-electron chi connectivity index (χ3n) is 2.51. The van der Waals surface area contributed by atoms with E-state index in [2.05, 4.69) is 15.3 Å². The third-order valence-corrected chi connectivity index (χ3v) is 2.51. The first-order chi connectivity index (χ1) is 9.16. The maximum Gasteiger partial charge on any atom is 0.339 e. The minimum atomic E-state index is -1.21. The molecule has 0 amide bonds. The van der Waals surface area contributed by atoms with Crippen molar-refractivity contribution in [3.05, 3.63) is 53.7 Å². The summed E-state index contributed by atoms with van der Waals surface area (Å²) in [4.78, 5) is 18.7. The Balaban J connectivity index is 2.02. The average Bonchev–Trinajstić information content (AvgIpc) is 2.41. The Morgan fingerprint density at radius 1 is 1.42 bits per heavy atom. The first-order valence-electron chi connectivity index (χ1n) is 5.68. The van der Waals surface area contributed by atoms with Crippen LogP contribution in [-0.4, -0.2) is 27.6 Å². The van der Waals surface area contributed by atoms with Crippen molar-refractivity contribution in [1.82, 2.24) is 9.97 Å². The van der Waals surface area contributed by atoms with Crippen LogP contribution in [0.3, 0.4) is 0 Å².